The van der Waals surface area contributed by atoms with E-state index in [1.165, 1.54) is 4.52 Å². The molecule has 0 amide bonds. The molecule has 94 valence electrons. The number of nitrogens with zero attached hydrogens (tertiary/aromatic N) is 3. The number of carboxylic acid groups (broad SMARTS) is 1. The van der Waals surface area contributed by atoms with Crippen molar-refractivity contribution in [3.05, 3.63) is 53.3 Å². The van der Waals surface area contributed by atoms with Crippen LogP contribution in [0.5, 0.6) is 0 Å². The van der Waals surface area contributed by atoms with Crippen molar-refractivity contribution in [1.82, 2.24) is 14.6 Å². The molecule has 0 radical (unpaired) electrons. The highest BCUT2D eigenvalue weighted by molar-refractivity contribution is 6.29. The van der Waals surface area contributed by atoms with Gasteiger partial charge < -0.3 is 5.11 Å². The number of aromatic carboxylic acids is 1. The first-order valence-corrected chi connectivity index (χ1v) is 5.88. The van der Waals surface area contributed by atoms with E-state index in [0.29, 0.717) is 11.3 Å². The molecule has 1 N–H and O–H groups in total. The number of imidazole rings is 1. The number of halogens is 1. The Kier molecular flexibility index (Phi) is 2.68. The average Bonchev–Trinajstić information content (AvgIpc) is 2.78. The van der Waals surface area contributed by atoms with Crippen molar-refractivity contribution in [2.75, 3.05) is 0 Å². The van der Waals surface area contributed by atoms with E-state index in [1.807, 2.05) is 18.2 Å². The van der Waals surface area contributed by atoms with Gasteiger partial charge in [-0.05, 0) is 12.1 Å². The van der Waals surface area contributed by atoms with Crippen LogP contribution in [0.25, 0.3) is 16.9 Å². The van der Waals surface area contributed by atoms with Crippen molar-refractivity contribution in [2.45, 2.75) is 0 Å². The number of fused-ring (bicyclic) bond motifs is 1. The minimum atomic E-state index is -1.10. The summed E-state index contributed by atoms with van der Waals surface area (Å²) < 4.78 is 1.24. The molecule has 0 spiro atoms. The second kappa shape index (κ2) is 4.37. The largest absolute Gasteiger partial charge is 0.476 e. The maximum absolute atomic E-state index is 11.4. The third kappa shape index (κ3) is 1.94. The smallest absolute Gasteiger partial charge is 0.356 e. The van der Waals surface area contributed by atoms with E-state index in [0.717, 1.165) is 5.56 Å². The summed E-state index contributed by atoms with van der Waals surface area (Å²) in [5.41, 5.74) is 1.55. The number of hydrogen-bond acceptors (Lipinski definition) is 3. The van der Waals surface area contributed by atoms with Crippen molar-refractivity contribution in [1.29, 1.82) is 0 Å². The zero-order valence-corrected chi connectivity index (χ0v) is 10.4. The molecule has 2 heterocycles. The molecule has 5 nitrogen and oxygen atoms in total. The Balaban J connectivity index is 2.36. The molecule has 3 rings (SSSR count). The standard InChI is InChI=1S/C13H8ClN3O2/c14-9-6-7-10-15-11(8-4-2-1-3-5-8)12(13(18)19)17(10)16-9/h1-7H,(H,18,19). The second-order valence-corrected chi connectivity index (χ2v) is 4.29. The highest BCUT2D eigenvalue weighted by Crippen LogP contribution is 2.24. The van der Waals surface area contributed by atoms with Crippen molar-refractivity contribution in [3.8, 4) is 11.3 Å². The summed E-state index contributed by atoms with van der Waals surface area (Å²) in [7, 11) is 0. The molecule has 0 aliphatic heterocycles. The SMILES string of the molecule is O=C(O)c1c(-c2ccccc2)nc2ccc(Cl)nn12. The predicted molar refractivity (Wildman–Crippen MR) is 70.4 cm³/mol. The van der Waals surface area contributed by atoms with E-state index < -0.39 is 5.97 Å². The molecular formula is C13H8ClN3O2. The van der Waals surface area contributed by atoms with E-state index in [2.05, 4.69) is 10.1 Å². The van der Waals surface area contributed by atoms with E-state index in [-0.39, 0.29) is 10.8 Å². The monoisotopic (exact) mass is 273 g/mol. The molecule has 0 bridgehead atoms. The van der Waals surface area contributed by atoms with Gasteiger partial charge in [0.25, 0.3) is 0 Å². The van der Waals surface area contributed by atoms with E-state index >= 15 is 0 Å². The Morgan fingerprint density at radius 1 is 1.16 bits per heavy atom. The summed E-state index contributed by atoms with van der Waals surface area (Å²) in [6.07, 6.45) is 0. The van der Waals surface area contributed by atoms with Crippen molar-refractivity contribution < 1.29 is 9.90 Å². The molecular weight excluding hydrogens is 266 g/mol. The highest BCUT2D eigenvalue weighted by atomic mass is 35.5. The van der Waals surface area contributed by atoms with Crippen LogP contribution in [0.3, 0.4) is 0 Å². The van der Waals surface area contributed by atoms with E-state index in [4.69, 9.17) is 11.6 Å². The van der Waals surface area contributed by atoms with Crippen LogP contribution >= 0.6 is 11.6 Å². The van der Waals surface area contributed by atoms with Gasteiger partial charge in [-0.1, -0.05) is 41.9 Å². The van der Waals surface area contributed by atoms with Crippen LogP contribution in [-0.2, 0) is 0 Å². The molecule has 6 heteroatoms. The molecule has 0 fully saturated rings. The average molecular weight is 274 g/mol. The fraction of sp³-hybridized carbons (Fsp3) is 0. The number of carbonyl (C=O) groups is 1. The van der Waals surface area contributed by atoms with Gasteiger partial charge in [0.05, 0.1) is 0 Å². The predicted octanol–water partition coefficient (Wildman–Crippen LogP) is 2.75. The van der Waals surface area contributed by atoms with Gasteiger partial charge in [-0.25, -0.2) is 14.3 Å². The van der Waals surface area contributed by atoms with Gasteiger partial charge >= 0.3 is 5.97 Å². The van der Waals surface area contributed by atoms with Gasteiger partial charge in [0, 0.05) is 5.56 Å². The molecule has 0 aliphatic rings. The third-order valence-electron chi connectivity index (χ3n) is 2.69. The molecule has 0 atom stereocenters. The molecule has 1 aromatic carbocycles. The molecule has 0 aliphatic carbocycles. The van der Waals surface area contributed by atoms with Crippen LogP contribution in [0.4, 0.5) is 0 Å². The summed E-state index contributed by atoms with van der Waals surface area (Å²) in [6.45, 7) is 0. The fourth-order valence-corrected chi connectivity index (χ4v) is 2.04. The Morgan fingerprint density at radius 3 is 2.58 bits per heavy atom. The van der Waals surface area contributed by atoms with E-state index in [9.17, 15) is 9.90 Å². The highest BCUT2D eigenvalue weighted by Gasteiger charge is 2.20. The van der Waals surface area contributed by atoms with Crippen molar-refractivity contribution in [3.63, 3.8) is 0 Å². The summed E-state index contributed by atoms with van der Waals surface area (Å²) in [4.78, 5) is 15.7. The third-order valence-corrected chi connectivity index (χ3v) is 2.90. The maximum atomic E-state index is 11.4. The lowest BCUT2D eigenvalue weighted by Gasteiger charge is -1.99. The maximum Gasteiger partial charge on any atom is 0.356 e. The number of benzene rings is 1. The van der Waals surface area contributed by atoms with Crippen LogP contribution in [0.15, 0.2) is 42.5 Å². The van der Waals surface area contributed by atoms with E-state index in [1.54, 1.807) is 24.3 Å². The topological polar surface area (TPSA) is 67.5 Å². The lowest BCUT2D eigenvalue weighted by Crippen LogP contribution is -2.06. The molecule has 0 unspecified atom stereocenters. The normalized spacial score (nSPS) is 10.8. The van der Waals surface area contributed by atoms with Crippen LogP contribution in [-0.4, -0.2) is 25.7 Å². The van der Waals surface area contributed by atoms with Crippen molar-refractivity contribution in [2.24, 2.45) is 0 Å². The molecule has 19 heavy (non-hydrogen) atoms. The lowest BCUT2D eigenvalue weighted by atomic mass is 10.1. The van der Waals surface area contributed by atoms with Gasteiger partial charge in [0.2, 0.25) is 0 Å². The Morgan fingerprint density at radius 2 is 1.89 bits per heavy atom. The number of hydrogen-bond donors (Lipinski definition) is 1. The number of rotatable bonds is 2. The summed E-state index contributed by atoms with van der Waals surface area (Å²) >= 11 is 5.80. The Labute approximate surface area is 113 Å². The summed E-state index contributed by atoms with van der Waals surface area (Å²) in [6, 6.07) is 12.3. The first-order chi connectivity index (χ1) is 9.16. The van der Waals surface area contributed by atoms with Gasteiger partial charge in [0.1, 0.15) is 10.8 Å². The first-order valence-electron chi connectivity index (χ1n) is 5.51. The second-order valence-electron chi connectivity index (χ2n) is 3.91. The molecule has 3 aromatic rings. The number of carboxylic acids is 1. The Bertz CT molecular complexity index is 768. The molecule has 0 saturated heterocycles. The fourth-order valence-electron chi connectivity index (χ4n) is 1.90. The zero-order valence-electron chi connectivity index (χ0n) is 9.62. The zero-order chi connectivity index (χ0) is 13.4. The van der Waals surface area contributed by atoms with Crippen molar-refractivity contribution >= 4 is 23.2 Å². The minimum Gasteiger partial charge on any atom is -0.476 e. The van der Waals surface area contributed by atoms with Crippen LogP contribution in [0, 0.1) is 0 Å². The summed E-state index contributed by atoms with van der Waals surface area (Å²) in [5.74, 6) is -1.10. The van der Waals surface area contributed by atoms with Gasteiger partial charge in [-0.3, -0.25) is 0 Å². The lowest BCUT2D eigenvalue weighted by molar-refractivity contribution is 0.0689. The molecule has 0 saturated carbocycles. The minimum absolute atomic E-state index is 0.00343. The van der Waals surface area contributed by atoms with Gasteiger partial charge in [-0.15, -0.1) is 0 Å². The van der Waals surface area contributed by atoms with Crippen LogP contribution < -0.4 is 0 Å². The first kappa shape index (κ1) is 11.7. The summed E-state index contributed by atoms with van der Waals surface area (Å²) in [5, 5.41) is 13.6. The Hall–Kier alpha value is -2.40. The van der Waals surface area contributed by atoms with Gasteiger partial charge in [0.15, 0.2) is 11.3 Å². The molecule has 2 aromatic heterocycles. The number of aromatic nitrogens is 3. The quantitative estimate of drug-likeness (QED) is 0.779. The van der Waals surface area contributed by atoms with Crippen LogP contribution in [0.1, 0.15) is 10.5 Å². The van der Waals surface area contributed by atoms with Gasteiger partial charge in [-0.2, -0.15) is 5.10 Å². The van der Waals surface area contributed by atoms with Crippen LogP contribution in [0.2, 0.25) is 5.15 Å².